The van der Waals surface area contributed by atoms with E-state index in [4.69, 9.17) is 5.11 Å². The van der Waals surface area contributed by atoms with E-state index in [-0.39, 0.29) is 6.61 Å². The SMILES string of the molecule is Cc1ccnc(SCCO)n1. The predicted octanol–water partition coefficient (Wildman–Crippen LogP) is 0.869. The van der Waals surface area contributed by atoms with E-state index in [0.717, 1.165) is 10.9 Å². The van der Waals surface area contributed by atoms with Gasteiger partial charge in [-0.1, -0.05) is 11.8 Å². The van der Waals surface area contributed by atoms with E-state index in [1.165, 1.54) is 11.8 Å². The molecule has 0 unspecified atom stereocenters. The Hall–Kier alpha value is -0.610. The maximum absolute atomic E-state index is 8.52. The summed E-state index contributed by atoms with van der Waals surface area (Å²) in [5.41, 5.74) is 0.959. The van der Waals surface area contributed by atoms with Crippen LogP contribution in [0.15, 0.2) is 17.4 Å². The van der Waals surface area contributed by atoms with Crippen LogP contribution in [0.2, 0.25) is 0 Å². The third kappa shape index (κ3) is 2.86. The molecule has 0 saturated carbocycles. The van der Waals surface area contributed by atoms with Gasteiger partial charge in [0.1, 0.15) is 0 Å². The lowest BCUT2D eigenvalue weighted by Crippen LogP contribution is -1.91. The number of nitrogens with zero attached hydrogens (tertiary/aromatic N) is 2. The van der Waals surface area contributed by atoms with Gasteiger partial charge in [0.15, 0.2) is 5.16 Å². The quantitative estimate of drug-likeness (QED) is 0.540. The fraction of sp³-hybridized carbons (Fsp3) is 0.429. The first-order valence-corrected chi connectivity index (χ1v) is 4.35. The Morgan fingerprint density at radius 2 is 2.45 bits per heavy atom. The fourth-order valence-corrected chi connectivity index (χ4v) is 1.25. The summed E-state index contributed by atoms with van der Waals surface area (Å²) < 4.78 is 0. The zero-order valence-corrected chi connectivity index (χ0v) is 7.14. The average Bonchev–Trinajstić information content (AvgIpc) is 2.01. The second-order valence-corrected chi connectivity index (χ2v) is 3.11. The van der Waals surface area contributed by atoms with E-state index < -0.39 is 0 Å². The molecule has 0 fully saturated rings. The van der Waals surface area contributed by atoms with Crippen molar-refractivity contribution in [2.24, 2.45) is 0 Å². The van der Waals surface area contributed by atoms with Crippen LogP contribution >= 0.6 is 11.8 Å². The molecule has 0 bridgehead atoms. The first-order valence-electron chi connectivity index (χ1n) is 3.36. The summed E-state index contributed by atoms with van der Waals surface area (Å²) >= 11 is 1.46. The van der Waals surface area contributed by atoms with Crippen LogP contribution in [-0.4, -0.2) is 27.4 Å². The fourth-order valence-electron chi connectivity index (χ4n) is 0.632. The van der Waals surface area contributed by atoms with E-state index in [1.54, 1.807) is 6.20 Å². The van der Waals surface area contributed by atoms with Crippen molar-refractivity contribution in [2.45, 2.75) is 12.1 Å². The van der Waals surface area contributed by atoms with Crippen molar-refractivity contribution in [3.05, 3.63) is 18.0 Å². The molecule has 0 amide bonds. The van der Waals surface area contributed by atoms with Crippen LogP contribution in [0.25, 0.3) is 0 Å². The summed E-state index contributed by atoms with van der Waals surface area (Å²) in [6.45, 7) is 2.09. The van der Waals surface area contributed by atoms with Gasteiger partial charge in [-0.2, -0.15) is 0 Å². The van der Waals surface area contributed by atoms with E-state index in [9.17, 15) is 0 Å². The molecule has 3 nitrogen and oxygen atoms in total. The molecule has 1 N–H and O–H groups in total. The largest absolute Gasteiger partial charge is 0.396 e. The van der Waals surface area contributed by atoms with Crippen molar-refractivity contribution in [3.8, 4) is 0 Å². The molecule has 0 aliphatic carbocycles. The number of aliphatic hydroxyl groups excluding tert-OH is 1. The predicted molar refractivity (Wildman–Crippen MR) is 44.6 cm³/mol. The van der Waals surface area contributed by atoms with Gasteiger partial charge in [0.25, 0.3) is 0 Å². The molecule has 0 aliphatic heterocycles. The lowest BCUT2D eigenvalue weighted by molar-refractivity contribution is 0.322. The van der Waals surface area contributed by atoms with Crippen molar-refractivity contribution in [1.29, 1.82) is 0 Å². The number of aryl methyl sites for hydroxylation is 1. The molecule has 11 heavy (non-hydrogen) atoms. The van der Waals surface area contributed by atoms with Gasteiger partial charge in [0.05, 0.1) is 6.61 Å². The first kappa shape index (κ1) is 8.49. The minimum Gasteiger partial charge on any atom is -0.396 e. The van der Waals surface area contributed by atoms with Gasteiger partial charge in [-0.3, -0.25) is 0 Å². The van der Waals surface area contributed by atoms with Crippen molar-refractivity contribution in [2.75, 3.05) is 12.4 Å². The summed E-state index contributed by atoms with van der Waals surface area (Å²) in [5, 5.41) is 9.26. The van der Waals surface area contributed by atoms with E-state index in [1.807, 2.05) is 13.0 Å². The molecule has 1 heterocycles. The average molecular weight is 170 g/mol. The molecule has 1 aromatic heterocycles. The van der Waals surface area contributed by atoms with Gasteiger partial charge in [0.2, 0.25) is 0 Å². The molecule has 0 aromatic carbocycles. The molecule has 1 rings (SSSR count). The molecule has 0 spiro atoms. The normalized spacial score (nSPS) is 10.0. The number of aliphatic hydroxyl groups is 1. The molecule has 4 heteroatoms. The summed E-state index contributed by atoms with van der Waals surface area (Å²) in [5.74, 6) is 0.656. The van der Waals surface area contributed by atoms with Crippen molar-refractivity contribution in [1.82, 2.24) is 9.97 Å². The Kier molecular flexibility index (Phi) is 3.32. The van der Waals surface area contributed by atoms with E-state index in [0.29, 0.717) is 5.75 Å². The highest BCUT2D eigenvalue weighted by molar-refractivity contribution is 7.99. The van der Waals surface area contributed by atoms with Crippen LogP contribution in [0.3, 0.4) is 0 Å². The molecule has 0 saturated heterocycles. The van der Waals surface area contributed by atoms with Gasteiger partial charge in [-0.15, -0.1) is 0 Å². The summed E-state index contributed by atoms with van der Waals surface area (Å²) in [7, 11) is 0. The summed E-state index contributed by atoms with van der Waals surface area (Å²) in [6.07, 6.45) is 1.72. The topological polar surface area (TPSA) is 46.0 Å². The van der Waals surface area contributed by atoms with Crippen LogP contribution in [0.5, 0.6) is 0 Å². The lowest BCUT2D eigenvalue weighted by atomic mass is 10.5. The summed E-state index contributed by atoms with van der Waals surface area (Å²) in [4.78, 5) is 8.17. The highest BCUT2D eigenvalue weighted by atomic mass is 32.2. The second kappa shape index (κ2) is 4.31. The molecule has 60 valence electrons. The Balaban J connectivity index is 2.56. The van der Waals surface area contributed by atoms with Gasteiger partial charge in [-0.25, -0.2) is 9.97 Å². The van der Waals surface area contributed by atoms with Gasteiger partial charge in [0, 0.05) is 17.6 Å². The van der Waals surface area contributed by atoms with Crippen molar-refractivity contribution >= 4 is 11.8 Å². The van der Waals surface area contributed by atoms with Crippen LogP contribution in [0, 0.1) is 6.92 Å². The van der Waals surface area contributed by atoms with Crippen LogP contribution in [-0.2, 0) is 0 Å². The van der Waals surface area contributed by atoms with E-state index in [2.05, 4.69) is 9.97 Å². The van der Waals surface area contributed by atoms with E-state index >= 15 is 0 Å². The monoisotopic (exact) mass is 170 g/mol. The van der Waals surface area contributed by atoms with Gasteiger partial charge < -0.3 is 5.11 Å². The van der Waals surface area contributed by atoms with Crippen LogP contribution < -0.4 is 0 Å². The first-order chi connectivity index (χ1) is 5.33. The molecular weight excluding hydrogens is 160 g/mol. The number of thioether (sulfide) groups is 1. The molecule has 0 radical (unpaired) electrons. The Morgan fingerprint density at radius 1 is 1.64 bits per heavy atom. The highest BCUT2D eigenvalue weighted by Gasteiger charge is 1.95. The minimum atomic E-state index is 0.169. The number of aromatic nitrogens is 2. The van der Waals surface area contributed by atoms with Crippen molar-refractivity contribution < 1.29 is 5.11 Å². The lowest BCUT2D eigenvalue weighted by Gasteiger charge is -1.96. The Labute approximate surface area is 69.9 Å². The van der Waals surface area contributed by atoms with Gasteiger partial charge in [-0.05, 0) is 13.0 Å². The third-order valence-electron chi connectivity index (χ3n) is 1.10. The van der Waals surface area contributed by atoms with Crippen LogP contribution in [0.4, 0.5) is 0 Å². The number of hydrogen-bond acceptors (Lipinski definition) is 4. The standard InChI is InChI=1S/C7H10N2OS/c1-6-2-3-8-7(9-6)11-5-4-10/h2-3,10H,4-5H2,1H3. The Morgan fingerprint density at radius 3 is 3.09 bits per heavy atom. The van der Waals surface area contributed by atoms with Gasteiger partial charge >= 0.3 is 0 Å². The Bertz CT molecular complexity index is 229. The second-order valence-electron chi connectivity index (χ2n) is 2.05. The smallest absolute Gasteiger partial charge is 0.187 e. The van der Waals surface area contributed by atoms with Crippen LogP contribution in [0.1, 0.15) is 5.69 Å². The number of rotatable bonds is 3. The zero-order chi connectivity index (χ0) is 8.10. The number of hydrogen-bond donors (Lipinski definition) is 1. The maximum atomic E-state index is 8.52. The molecule has 0 atom stereocenters. The highest BCUT2D eigenvalue weighted by Crippen LogP contribution is 2.10. The molecule has 0 aliphatic rings. The minimum absolute atomic E-state index is 0.169. The molecule has 1 aromatic rings. The maximum Gasteiger partial charge on any atom is 0.187 e. The summed E-state index contributed by atoms with van der Waals surface area (Å²) in [6, 6.07) is 1.85. The van der Waals surface area contributed by atoms with Crippen molar-refractivity contribution in [3.63, 3.8) is 0 Å². The zero-order valence-electron chi connectivity index (χ0n) is 6.32. The molecular formula is C7H10N2OS. The third-order valence-corrected chi connectivity index (χ3v) is 1.94.